The Bertz CT molecular complexity index is 354. The number of rotatable bonds is 1. The fourth-order valence-corrected chi connectivity index (χ4v) is 1.69. The molecule has 0 saturated carbocycles. The molecule has 0 spiro atoms. The zero-order chi connectivity index (χ0) is 10.0. The number of hydrogen-bond acceptors (Lipinski definition) is 1. The lowest BCUT2D eigenvalue weighted by molar-refractivity contribution is -0.114. The van der Waals surface area contributed by atoms with Crippen LogP contribution in [-0.2, 0) is 4.79 Å². The summed E-state index contributed by atoms with van der Waals surface area (Å²) in [6.07, 6.45) is 0. The molecule has 1 aromatic rings. The van der Waals surface area contributed by atoms with Crippen molar-refractivity contribution in [1.29, 1.82) is 0 Å². The van der Waals surface area contributed by atoms with Crippen molar-refractivity contribution in [3.63, 3.8) is 0 Å². The van der Waals surface area contributed by atoms with E-state index < -0.39 is 0 Å². The van der Waals surface area contributed by atoms with Crippen LogP contribution in [0.5, 0.6) is 0 Å². The second-order valence-electron chi connectivity index (χ2n) is 2.40. The highest BCUT2D eigenvalue weighted by atomic mass is 79.9. The van der Waals surface area contributed by atoms with Crippen molar-refractivity contribution in [2.75, 3.05) is 5.32 Å². The molecule has 0 radical (unpaired) electrons. The summed E-state index contributed by atoms with van der Waals surface area (Å²) < 4.78 is 0.594. The summed E-state index contributed by atoms with van der Waals surface area (Å²) >= 11 is 14.8. The SMILES string of the molecule is CC(=O)Nc1ccc(Cl)c(Cl)c1Br. The van der Waals surface area contributed by atoms with Crippen LogP contribution in [0, 0.1) is 0 Å². The minimum atomic E-state index is -0.154. The molecule has 5 heteroatoms. The van der Waals surface area contributed by atoms with Gasteiger partial charge in [0, 0.05) is 6.92 Å². The van der Waals surface area contributed by atoms with Gasteiger partial charge >= 0.3 is 0 Å². The van der Waals surface area contributed by atoms with Crippen LogP contribution < -0.4 is 5.32 Å². The van der Waals surface area contributed by atoms with Crippen molar-refractivity contribution in [2.45, 2.75) is 6.92 Å². The van der Waals surface area contributed by atoms with Crippen LogP contribution >= 0.6 is 39.1 Å². The summed E-state index contributed by atoms with van der Waals surface area (Å²) in [6.45, 7) is 1.43. The highest BCUT2D eigenvalue weighted by Crippen LogP contribution is 2.35. The normalized spacial score (nSPS) is 9.85. The van der Waals surface area contributed by atoms with E-state index in [1.165, 1.54) is 6.92 Å². The van der Waals surface area contributed by atoms with E-state index in [1.54, 1.807) is 12.1 Å². The number of carbonyl (C=O) groups is 1. The standard InChI is InChI=1S/C8H6BrCl2NO/c1-4(13)12-6-3-2-5(10)8(11)7(6)9/h2-3H,1H3,(H,12,13). The van der Waals surface area contributed by atoms with Crippen LogP contribution in [0.1, 0.15) is 6.92 Å². The lowest BCUT2D eigenvalue weighted by Crippen LogP contribution is -2.06. The van der Waals surface area contributed by atoms with Crippen LogP contribution in [-0.4, -0.2) is 5.91 Å². The number of hydrogen-bond donors (Lipinski definition) is 1. The smallest absolute Gasteiger partial charge is 0.221 e. The summed E-state index contributed by atoms with van der Waals surface area (Å²) in [7, 11) is 0. The highest BCUT2D eigenvalue weighted by molar-refractivity contribution is 9.10. The Morgan fingerprint density at radius 1 is 1.46 bits per heavy atom. The molecule has 0 fully saturated rings. The van der Waals surface area contributed by atoms with Gasteiger partial charge in [-0.05, 0) is 28.1 Å². The molecule has 0 atom stereocenters. The number of halogens is 3. The topological polar surface area (TPSA) is 29.1 Å². The molecule has 0 aromatic heterocycles. The van der Waals surface area contributed by atoms with Crippen molar-refractivity contribution in [2.24, 2.45) is 0 Å². The predicted molar refractivity (Wildman–Crippen MR) is 58.5 cm³/mol. The molecular formula is C8H6BrCl2NO. The second kappa shape index (κ2) is 4.31. The van der Waals surface area contributed by atoms with Gasteiger partial charge in [-0.15, -0.1) is 0 Å². The molecule has 1 rings (SSSR count). The van der Waals surface area contributed by atoms with Gasteiger partial charge in [-0.1, -0.05) is 23.2 Å². The molecule has 0 saturated heterocycles. The highest BCUT2D eigenvalue weighted by Gasteiger charge is 2.08. The molecule has 1 aromatic carbocycles. The van der Waals surface area contributed by atoms with E-state index >= 15 is 0 Å². The Hall–Kier alpha value is -0.250. The quantitative estimate of drug-likeness (QED) is 0.782. The van der Waals surface area contributed by atoms with Crippen molar-refractivity contribution in [3.05, 3.63) is 26.7 Å². The molecule has 0 bridgehead atoms. The summed E-state index contributed by atoms with van der Waals surface area (Å²) in [4.78, 5) is 10.8. The maximum absolute atomic E-state index is 10.8. The van der Waals surface area contributed by atoms with Crippen molar-refractivity contribution in [1.82, 2.24) is 0 Å². The van der Waals surface area contributed by atoms with Gasteiger partial charge in [0.2, 0.25) is 5.91 Å². The van der Waals surface area contributed by atoms with Gasteiger partial charge in [-0.3, -0.25) is 4.79 Å². The van der Waals surface area contributed by atoms with Crippen LogP contribution in [0.2, 0.25) is 10.0 Å². The maximum Gasteiger partial charge on any atom is 0.221 e. The minimum Gasteiger partial charge on any atom is -0.325 e. The predicted octanol–water partition coefficient (Wildman–Crippen LogP) is 3.71. The Kier molecular flexibility index (Phi) is 3.59. The average molecular weight is 283 g/mol. The zero-order valence-corrected chi connectivity index (χ0v) is 9.79. The first-order valence-corrected chi connectivity index (χ1v) is 4.98. The van der Waals surface area contributed by atoms with E-state index in [-0.39, 0.29) is 5.91 Å². The van der Waals surface area contributed by atoms with Crippen molar-refractivity contribution < 1.29 is 4.79 Å². The van der Waals surface area contributed by atoms with Gasteiger partial charge in [-0.2, -0.15) is 0 Å². The van der Waals surface area contributed by atoms with E-state index in [4.69, 9.17) is 23.2 Å². The van der Waals surface area contributed by atoms with Crippen LogP contribution in [0.25, 0.3) is 0 Å². The third kappa shape index (κ3) is 2.59. The Morgan fingerprint density at radius 3 is 2.62 bits per heavy atom. The van der Waals surface area contributed by atoms with Gasteiger partial charge in [-0.25, -0.2) is 0 Å². The number of benzene rings is 1. The minimum absolute atomic E-state index is 0.154. The monoisotopic (exact) mass is 281 g/mol. The molecule has 1 N–H and O–H groups in total. The molecule has 70 valence electrons. The molecule has 2 nitrogen and oxygen atoms in total. The molecule has 0 heterocycles. The van der Waals surface area contributed by atoms with Crippen molar-refractivity contribution in [3.8, 4) is 0 Å². The summed E-state index contributed by atoms with van der Waals surface area (Å²) in [5, 5.41) is 3.46. The van der Waals surface area contributed by atoms with Gasteiger partial charge in [0.1, 0.15) is 0 Å². The Labute approximate surface area is 94.3 Å². The van der Waals surface area contributed by atoms with E-state index in [0.717, 1.165) is 0 Å². The maximum atomic E-state index is 10.8. The fraction of sp³-hybridized carbons (Fsp3) is 0.125. The molecule has 0 aliphatic heterocycles. The molecule has 0 aliphatic carbocycles. The molecule has 13 heavy (non-hydrogen) atoms. The summed E-state index contributed by atoms with van der Waals surface area (Å²) in [5.74, 6) is -0.154. The van der Waals surface area contributed by atoms with Gasteiger partial charge in [0.05, 0.1) is 20.2 Å². The first-order valence-electron chi connectivity index (χ1n) is 3.43. The van der Waals surface area contributed by atoms with E-state index in [9.17, 15) is 4.79 Å². The summed E-state index contributed by atoms with van der Waals surface area (Å²) in [6, 6.07) is 3.31. The van der Waals surface area contributed by atoms with Gasteiger partial charge < -0.3 is 5.32 Å². The average Bonchev–Trinajstić information content (AvgIpc) is 2.06. The van der Waals surface area contributed by atoms with E-state index in [2.05, 4.69) is 21.2 Å². The number of nitrogens with one attached hydrogen (secondary N) is 1. The van der Waals surface area contributed by atoms with Crippen molar-refractivity contribution >= 4 is 50.7 Å². The Balaban J connectivity index is 3.10. The first-order chi connectivity index (χ1) is 6.02. The van der Waals surface area contributed by atoms with Crippen LogP contribution in [0.3, 0.4) is 0 Å². The van der Waals surface area contributed by atoms with E-state index in [1.807, 2.05) is 0 Å². The molecular weight excluding hydrogens is 277 g/mol. The van der Waals surface area contributed by atoms with Gasteiger partial charge in [0.25, 0.3) is 0 Å². The van der Waals surface area contributed by atoms with Gasteiger partial charge in [0.15, 0.2) is 0 Å². The third-order valence-electron chi connectivity index (χ3n) is 1.35. The second-order valence-corrected chi connectivity index (χ2v) is 3.98. The molecule has 1 amide bonds. The lowest BCUT2D eigenvalue weighted by Gasteiger charge is -2.07. The third-order valence-corrected chi connectivity index (χ3v) is 3.20. The van der Waals surface area contributed by atoms with E-state index in [0.29, 0.717) is 20.2 Å². The lowest BCUT2D eigenvalue weighted by atomic mass is 10.3. The number of amides is 1. The first kappa shape index (κ1) is 10.8. The number of anilines is 1. The molecule has 0 aliphatic rings. The zero-order valence-electron chi connectivity index (χ0n) is 6.70. The molecule has 0 unspecified atom stereocenters. The fourth-order valence-electron chi connectivity index (χ4n) is 0.812. The van der Waals surface area contributed by atoms with Crippen LogP contribution in [0.15, 0.2) is 16.6 Å². The number of carbonyl (C=O) groups excluding carboxylic acids is 1. The largest absolute Gasteiger partial charge is 0.325 e. The van der Waals surface area contributed by atoms with Crippen LogP contribution in [0.4, 0.5) is 5.69 Å². The summed E-state index contributed by atoms with van der Waals surface area (Å²) in [5.41, 5.74) is 0.613. The Morgan fingerprint density at radius 2 is 2.08 bits per heavy atom.